The van der Waals surface area contributed by atoms with Crippen molar-refractivity contribution in [2.45, 2.75) is 40.2 Å². The highest BCUT2D eigenvalue weighted by Gasteiger charge is 2.12. The SMILES string of the molecule is Cc1ccc(F)cc1CNC(=O)Nc1c(C)cccc1C(C)C. The molecule has 0 aliphatic heterocycles. The van der Waals surface area contributed by atoms with Crippen LogP contribution in [0.15, 0.2) is 36.4 Å². The van der Waals surface area contributed by atoms with E-state index in [2.05, 4.69) is 24.5 Å². The molecule has 2 N–H and O–H groups in total. The van der Waals surface area contributed by atoms with Crippen LogP contribution in [0.3, 0.4) is 0 Å². The molecule has 0 fully saturated rings. The van der Waals surface area contributed by atoms with Gasteiger partial charge in [0.05, 0.1) is 0 Å². The Labute approximate surface area is 136 Å². The Morgan fingerprint density at radius 2 is 1.87 bits per heavy atom. The summed E-state index contributed by atoms with van der Waals surface area (Å²) in [7, 11) is 0. The van der Waals surface area contributed by atoms with Gasteiger partial charge in [0.25, 0.3) is 0 Å². The highest BCUT2D eigenvalue weighted by atomic mass is 19.1. The van der Waals surface area contributed by atoms with Crippen molar-refractivity contribution in [1.29, 1.82) is 0 Å². The maximum absolute atomic E-state index is 13.3. The van der Waals surface area contributed by atoms with E-state index >= 15 is 0 Å². The van der Waals surface area contributed by atoms with E-state index in [4.69, 9.17) is 0 Å². The zero-order chi connectivity index (χ0) is 17.0. The third kappa shape index (κ3) is 4.31. The van der Waals surface area contributed by atoms with E-state index in [1.54, 1.807) is 6.07 Å². The number of halogens is 1. The molecule has 0 saturated heterocycles. The predicted octanol–water partition coefficient (Wildman–Crippen LogP) is 4.89. The summed E-state index contributed by atoms with van der Waals surface area (Å²) in [6.07, 6.45) is 0. The fraction of sp³-hybridized carbons (Fsp3) is 0.316. The zero-order valence-electron chi connectivity index (χ0n) is 14.0. The third-order valence-corrected chi connectivity index (χ3v) is 3.92. The maximum atomic E-state index is 13.3. The van der Waals surface area contributed by atoms with Crippen LogP contribution in [0.5, 0.6) is 0 Å². The highest BCUT2D eigenvalue weighted by molar-refractivity contribution is 5.91. The van der Waals surface area contributed by atoms with Gasteiger partial charge in [0.2, 0.25) is 0 Å². The molecular weight excluding hydrogens is 291 g/mol. The topological polar surface area (TPSA) is 41.1 Å². The van der Waals surface area contributed by atoms with Gasteiger partial charge in [-0.2, -0.15) is 0 Å². The molecule has 2 aromatic carbocycles. The molecule has 0 aliphatic rings. The lowest BCUT2D eigenvalue weighted by atomic mass is 9.98. The molecule has 0 radical (unpaired) electrons. The molecule has 0 atom stereocenters. The second-order valence-corrected chi connectivity index (χ2v) is 6.07. The third-order valence-electron chi connectivity index (χ3n) is 3.92. The molecule has 2 rings (SSSR count). The number of para-hydroxylation sites is 1. The van der Waals surface area contributed by atoms with E-state index in [1.807, 2.05) is 32.0 Å². The quantitative estimate of drug-likeness (QED) is 0.829. The first-order chi connectivity index (χ1) is 10.9. The highest BCUT2D eigenvalue weighted by Crippen LogP contribution is 2.27. The first kappa shape index (κ1) is 17.0. The molecule has 0 spiro atoms. The lowest BCUT2D eigenvalue weighted by Gasteiger charge is -2.17. The van der Waals surface area contributed by atoms with E-state index in [1.165, 1.54) is 12.1 Å². The number of nitrogens with one attached hydrogen (secondary N) is 2. The summed E-state index contributed by atoms with van der Waals surface area (Å²) >= 11 is 0. The Hall–Kier alpha value is -2.36. The molecule has 2 aromatic rings. The first-order valence-corrected chi connectivity index (χ1v) is 7.78. The van der Waals surface area contributed by atoms with Crippen molar-refractivity contribution in [2.24, 2.45) is 0 Å². The number of urea groups is 1. The van der Waals surface area contributed by atoms with Crippen LogP contribution in [0, 0.1) is 19.7 Å². The number of carbonyl (C=O) groups is 1. The second kappa shape index (κ2) is 7.27. The zero-order valence-corrected chi connectivity index (χ0v) is 14.0. The molecule has 0 heterocycles. The van der Waals surface area contributed by atoms with Gasteiger partial charge >= 0.3 is 6.03 Å². The molecule has 0 aliphatic carbocycles. The van der Waals surface area contributed by atoms with Crippen LogP contribution in [-0.2, 0) is 6.54 Å². The van der Waals surface area contributed by atoms with Crippen molar-refractivity contribution in [1.82, 2.24) is 5.32 Å². The molecule has 3 nitrogen and oxygen atoms in total. The van der Waals surface area contributed by atoms with Crippen LogP contribution in [0.1, 0.15) is 42.0 Å². The lowest BCUT2D eigenvalue weighted by molar-refractivity contribution is 0.251. The minimum absolute atomic E-state index is 0.287. The van der Waals surface area contributed by atoms with Gasteiger partial charge in [0.1, 0.15) is 5.82 Å². The molecule has 23 heavy (non-hydrogen) atoms. The van der Waals surface area contributed by atoms with E-state index in [-0.39, 0.29) is 18.4 Å². The Kier molecular flexibility index (Phi) is 5.37. The monoisotopic (exact) mass is 314 g/mol. The van der Waals surface area contributed by atoms with E-state index in [0.717, 1.165) is 27.9 Å². The largest absolute Gasteiger partial charge is 0.334 e. The average molecular weight is 314 g/mol. The summed E-state index contributed by atoms with van der Waals surface area (Å²) in [4.78, 5) is 12.2. The summed E-state index contributed by atoms with van der Waals surface area (Å²) in [5.41, 5.74) is 4.69. The lowest BCUT2D eigenvalue weighted by Crippen LogP contribution is -2.29. The second-order valence-electron chi connectivity index (χ2n) is 6.07. The van der Waals surface area contributed by atoms with Gasteiger partial charge in [0, 0.05) is 12.2 Å². The van der Waals surface area contributed by atoms with Gasteiger partial charge in [-0.3, -0.25) is 0 Å². The molecule has 2 amide bonds. The number of carbonyl (C=O) groups excluding carboxylic acids is 1. The summed E-state index contributed by atoms with van der Waals surface area (Å²) in [6.45, 7) is 8.34. The molecule has 0 unspecified atom stereocenters. The summed E-state index contributed by atoms with van der Waals surface area (Å²) in [5.74, 6) is 0.0180. The summed E-state index contributed by atoms with van der Waals surface area (Å²) in [6, 6.07) is 10.3. The number of hydrogen-bond donors (Lipinski definition) is 2. The van der Waals surface area contributed by atoms with Crippen molar-refractivity contribution >= 4 is 11.7 Å². The van der Waals surface area contributed by atoms with Crippen molar-refractivity contribution < 1.29 is 9.18 Å². The standard InChI is InChI=1S/C19H23FN2O/c1-12(2)17-7-5-6-14(4)18(17)22-19(23)21-11-15-10-16(20)9-8-13(15)3/h5-10,12H,11H2,1-4H3,(H2,21,22,23). The fourth-order valence-electron chi connectivity index (χ4n) is 2.51. The van der Waals surface area contributed by atoms with Crippen LogP contribution < -0.4 is 10.6 Å². The Morgan fingerprint density at radius 1 is 1.13 bits per heavy atom. The first-order valence-electron chi connectivity index (χ1n) is 7.78. The Balaban J connectivity index is 2.07. The smallest absolute Gasteiger partial charge is 0.319 e. The van der Waals surface area contributed by atoms with Gasteiger partial charge in [0.15, 0.2) is 0 Å². The molecule has 0 aromatic heterocycles. The minimum Gasteiger partial charge on any atom is -0.334 e. The van der Waals surface area contributed by atoms with Crippen LogP contribution in [-0.4, -0.2) is 6.03 Å². The van der Waals surface area contributed by atoms with Gasteiger partial charge < -0.3 is 10.6 Å². The van der Waals surface area contributed by atoms with Crippen molar-refractivity contribution in [3.63, 3.8) is 0 Å². The van der Waals surface area contributed by atoms with Gasteiger partial charge in [-0.1, -0.05) is 38.1 Å². The minimum atomic E-state index is -0.297. The fourth-order valence-corrected chi connectivity index (χ4v) is 2.51. The van der Waals surface area contributed by atoms with Crippen LogP contribution in [0.25, 0.3) is 0 Å². The van der Waals surface area contributed by atoms with Crippen molar-refractivity contribution in [3.05, 3.63) is 64.5 Å². The Morgan fingerprint density at radius 3 is 2.57 bits per heavy atom. The van der Waals surface area contributed by atoms with Crippen molar-refractivity contribution in [3.8, 4) is 0 Å². The number of hydrogen-bond acceptors (Lipinski definition) is 1. The Bertz CT molecular complexity index is 711. The molecule has 0 bridgehead atoms. The molecule has 122 valence electrons. The number of aryl methyl sites for hydroxylation is 2. The molecule has 4 heteroatoms. The van der Waals surface area contributed by atoms with Crippen LogP contribution in [0.2, 0.25) is 0 Å². The summed E-state index contributed by atoms with van der Waals surface area (Å²) in [5, 5.41) is 5.71. The van der Waals surface area contributed by atoms with Gasteiger partial charge in [-0.05, 0) is 54.2 Å². The molecular formula is C19H23FN2O. The van der Waals surface area contributed by atoms with Gasteiger partial charge in [-0.15, -0.1) is 0 Å². The normalized spacial score (nSPS) is 10.7. The van der Waals surface area contributed by atoms with Crippen LogP contribution >= 0.6 is 0 Å². The van der Waals surface area contributed by atoms with Crippen molar-refractivity contribution in [2.75, 3.05) is 5.32 Å². The van der Waals surface area contributed by atoms with E-state index < -0.39 is 0 Å². The average Bonchev–Trinajstić information content (AvgIpc) is 2.50. The number of amides is 2. The van der Waals surface area contributed by atoms with E-state index in [9.17, 15) is 9.18 Å². The van der Waals surface area contributed by atoms with Crippen LogP contribution in [0.4, 0.5) is 14.9 Å². The molecule has 0 saturated carbocycles. The maximum Gasteiger partial charge on any atom is 0.319 e. The number of benzene rings is 2. The number of rotatable bonds is 4. The number of anilines is 1. The van der Waals surface area contributed by atoms with Gasteiger partial charge in [-0.25, -0.2) is 9.18 Å². The predicted molar refractivity (Wildman–Crippen MR) is 92.3 cm³/mol. The summed E-state index contributed by atoms with van der Waals surface area (Å²) < 4.78 is 13.3. The van der Waals surface area contributed by atoms with E-state index in [0.29, 0.717) is 5.92 Å².